The van der Waals surface area contributed by atoms with Crippen molar-refractivity contribution in [2.75, 3.05) is 0 Å². The van der Waals surface area contributed by atoms with Crippen LogP contribution in [-0.4, -0.2) is 36.5 Å². The zero-order valence-electron chi connectivity index (χ0n) is 9.74. The summed E-state index contributed by atoms with van der Waals surface area (Å²) in [6, 6.07) is 0. The molecule has 0 amide bonds. The molecule has 0 spiro atoms. The molecular formula is C10H11N5O3. The lowest BCUT2D eigenvalue weighted by Crippen LogP contribution is -2.28. The molecule has 0 aliphatic heterocycles. The summed E-state index contributed by atoms with van der Waals surface area (Å²) in [5.41, 5.74) is -0.246. The molecule has 2 aromatic rings. The fraction of sp³-hybridized carbons (Fsp3) is 0.500. The van der Waals surface area contributed by atoms with Crippen LogP contribution in [0.3, 0.4) is 0 Å². The fourth-order valence-corrected chi connectivity index (χ4v) is 1.72. The Labute approximate surface area is 101 Å². The van der Waals surface area contributed by atoms with Gasteiger partial charge in [-0.15, -0.1) is 5.10 Å². The van der Waals surface area contributed by atoms with Crippen molar-refractivity contribution in [2.24, 2.45) is 7.05 Å². The Balaban J connectivity index is 1.99. The normalized spacial score (nSPS) is 15.6. The van der Waals surface area contributed by atoms with Crippen molar-refractivity contribution < 1.29 is 9.53 Å². The molecule has 2 aromatic heterocycles. The number of hydrogen-bond acceptors (Lipinski definition) is 6. The van der Waals surface area contributed by atoms with Gasteiger partial charge in [-0.05, 0) is 19.3 Å². The van der Waals surface area contributed by atoms with Gasteiger partial charge < -0.3 is 4.74 Å². The van der Waals surface area contributed by atoms with Gasteiger partial charge in [0.15, 0.2) is 11.3 Å². The van der Waals surface area contributed by atoms with E-state index in [0.29, 0.717) is 0 Å². The summed E-state index contributed by atoms with van der Waals surface area (Å²) in [6.45, 7) is 0. The van der Waals surface area contributed by atoms with Crippen molar-refractivity contribution in [3.05, 3.63) is 22.5 Å². The molecule has 0 unspecified atom stereocenters. The van der Waals surface area contributed by atoms with Crippen LogP contribution in [0.25, 0.3) is 5.65 Å². The fourth-order valence-electron chi connectivity index (χ4n) is 1.72. The first-order valence-electron chi connectivity index (χ1n) is 5.65. The quantitative estimate of drug-likeness (QED) is 0.668. The molecule has 0 bridgehead atoms. The highest BCUT2D eigenvalue weighted by Crippen LogP contribution is 2.23. The number of ether oxygens (including phenoxy) is 1. The molecule has 1 saturated carbocycles. The number of carbonyl (C=O) groups is 1. The van der Waals surface area contributed by atoms with Crippen molar-refractivity contribution in [3.63, 3.8) is 0 Å². The molecule has 0 N–H and O–H groups in total. The van der Waals surface area contributed by atoms with Gasteiger partial charge in [-0.2, -0.15) is 4.68 Å². The molecule has 1 aliphatic carbocycles. The molecule has 0 atom stereocenters. The van der Waals surface area contributed by atoms with E-state index in [0.717, 1.165) is 23.9 Å². The highest BCUT2D eigenvalue weighted by atomic mass is 16.5. The van der Waals surface area contributed by atoms with E-state index >= 15 is 0 Å². The average Bonchev–Trinajstić information content (AvgIpc) is 2.73. The minimum absolute atomic E-state index is 0.0336. The first-order chi connectivity index (χ1) is 8.66. The number of nitrogens with zero attached hydrogens (tertiary/aromatic N) is 5. The molecule has 18 heavy (non-hydrogen) atoms. The first kappa shape index (κ1) is 10.9. The molecule has 2 heterocycles. The van der Waals surface area contributed by atoms with Crippen molar-refractivity contribution in [1.82, 2.24) is 24.4 Å². The van der Waals surface area contributed by atoms with Crippen LogP contribution in [0.4, 0.5) is 0 Å². The number of esters is 1. The summed E-state index contributed by atoms with van der Waals surface area (Å²) in [5, 5.41) is 7.41. The van der Waals surface area contributed by atoms with Crippen LogP contribution < -0.4 is 5.69 Å². The van der Waals surface area contributed by atoms with Gasteiger partial charge in [0.1, 0.15) is 12.4 Å². The second kappa shape index (κ2) is 3.90. The predicted molar refractivity (Wildman–Crippen MR) is 59.1 cm³/mol. The third-order valence-corrected chi connectivity index (χ3v) is 3.02. The molecule has 0 saturated heterocycles. The van der Waals surface area contributed by atoms with Gasteiger partial charge in [0, 0.05) is 7.05 Å². The Kier molecular flexibility index (Phi) is 2.35. The summed E-state index contributed by atoms with van der Waals surface area (Å²) < 4.78 is 7.45. The third kappa shape index (κ3) is 1.57. The summed E-state index contributed by atoms with van der Waals surface area (Å²) in [5.74, 6) is -0.551. The van der Waals surface area contributed by atoms with Crippen LogP contribution >= 0.6 is 0 Å². The van der Waals surface area contributed by atoms with Crippen molar-refractivity contribution >= 4 is 11.6 Å². The van der Waals surface area contributed by atoms with Gasteiger partial charge in [0.2, 0.25) is 0 Å². The molecule has 0 radical (unpaired) electrons. The molecule has 8 nitrogen and oxygen atoms in total. The minimum Gasteiger partial charge on any atom is -0.458 e. The number of aromatic nitrogens is 5. The van der Waals surface area contributed by atoms with E-state index in [4.69, 9.17) is 4.74 Å². The standard InChI is InChI=1S/C10H11N5O3/c1-14-10(17)15-5-11-7(8(15)12-13-14)9(16)18-6-3-2-4-6/h5-6H,2-4H2,1H3. The van der Waals surface area contributed by atoms with E-state index in [9.17, 15) is 9.59 Å². The molecule has 8 heteroatoms. The maximum Gasteiger partial charge on any atom is 0.361 e. The Bertz CT molecular complexity index is 670. The SMILES string of the molecule is Cn1nnc2c(C(=O)OC3CCC3)ncn2c1=O. The van der Waals surface area contributed by atoms with Crippen molar-refractivity contribution in [1.29, 1.82) is 0 Å². The van der Waals surface area contributed by atoms with Gasteiger partial charge in [0.25, 0.3) is 0 Å². The maximum atomic E-state index is 11.8. The molecule has 0 aromatic carbocycles. The van der Waals surface area contributed by atoms with Crippen LogP contribution in [0.2, 0.25) is 0 Å². The summed E-state index contributed by atoms with van der Waals surface area (Å²) >= 11 is 0. The molecule has 94 valence electrons. The van der Waals surface area contributed by atoms with Crippen molar-refractivity contribution in [2.45, 2.75) is 25.4 Å². The number of aryl methyl sites for hydroxylation is 1. The van der Waals surface area contributed by atoms with Gasteiger partial charge >= 0.3 is 11.7 Å². The number of hydrogen-bond donors (Lipinski definition) is 0. The topological polar surface area (TPSA) is 91.4 Å². The molecular weight excluding hydrogens is 238 g/mol. The Morgan fingerprint density at radius 1 is 1.50 bits per heavy atom. The van der Waals surface area contributed by atoms with Gasteiger partial charge in [-0.3, -0.25) is 0 Å². The van der Waals surface area contributed by atoms with E-state index in [2.05, 4.69) is 15.3 Å². The van der Waals surface area contributed by atoms with E-state index < -0.39 is 11.7 Å². The molecule has 3 rings (SSSR count). The lowest BCUT2D eigenvalue weighted by Gasteiger charge is -2.24. The smallest absolute Gasteiger partial charge is 0.361 e. The lowest BCUT2D eigenvalue weighted by molar-refractivity contribution is 0.00862. The first-order valence-corrected chi connectivity index (χ1v) is 5.65. The number of imidazole rings is 1. The third-order valence-electron chi connectivity index (χ3n) is 3.02. The summed E-state index contributed by atoms with van der Waals surface area (Å²) in [7, 11) is 1.47. The lowest BCUT2D eigenvalue weighted by atomic mass is 9.96. The van der Waals surface area contributed by atoms with E-state index in [-0.39, 0.29) is 17.4 Å². The maximum absolute atomic E-state index is 11.8. The van der Waals surface area contributed by atoms with Crippen LogP contribution in [0, 0.1) is 0 Å². The molecule has 1 fully saturated rings. The van der Waals surface area contributed by atoms with E-state index in [1.807, 2.05) is 0 Å². The van der Waals surface area contributed by atoms with Gasteiger partial charge in [-0.25, -0.2) is 19.0 Å². The number of carbonyl (C=O) groups excluding carboxylic acids is 1. The van der Waals surface area contributed by atoms with Crippen LogP contribution in [0.1, 0.15) is 29.8 Å². The van der Waals surface area contributed by atoms with Gasteiger partial charge in [0.05, 0.1) is 0 Å². The van der Waals surface area contributed by atoms with Crippen LogP contribution in [-0.2, 0) is 11.8 Å². The monoisotopic (exact) mass is 249 g/mol. The summed E-state index contributed by atoms with van der Waals surface area (Å²) in [6.07, 6.45) is 4.05. The van der Waals surface area contributed by atoms with Crippen molar-refractivity contribution in [3.8, 4) is 0 Å². The Morgan fingerprint density at radius 2 is 2.28 bits per heavy atom. The highest BCUT2D eigenvalue weighted by molar-refractivity contribution is 5.93. The summed E-state index contributed by atoms with van der Waals surface area (Å²) in [4.78, 5) is 27.4. The number of rotatable bonds is 2. The van der Waals surface area contributed by atoms with E-state index in [1.165, 1.54) is 17.8 Å². The Morgan fingerprint density at radius 3 is 2.94 bits per heavy atom. The highest BCUT2D eigenvalue weighted by Gasteiger charge is 2.25. The largest absolute Gasteiger partial charge is 0.458 e. The Hall–Kier alpha value is -2.25. The van der Waals surface area contributed by atoms with Crippen LogP contribution in [0.15, 0.2) is 11.1 Å². The van der Waals surface area contributed by atoms with Gasteiger partial charge in [-0.1, -0.05) is 5.21 Å². The second-order valence-electron chi connectivity index (χ2n) is 4.24. The second-order valence-corrected chi connectivity index (χ2v) is 4.24. The number of fused-ring (bicyclic) bond motifs is 1. The average molecular weight is 249 g/mol. The van der Waals surface area contributed by atoms with E-state index in [1.54, 1.807) is 0 Å². The predicted octanol–water partition coefficient (Wildman–Crippen LogP) is -0.468. The zero-order chi connectivity index (χ0) is 12.7. The minimum atomic E-state index is -0.551. The van der Waals surface area contributed by atoms with Crippen LogP contribution in [0.5, 0.6) is 0 Å². The zero-order valence-corrected chi connectivity index (χ0v) is 9.74. The molecule has 1 aliphatic rings.